The molecular formula is C16H19ClN2O3S2. The van der Waals surface area contributed by atoms with Gasteiger partial charge in [-0.2, -0.15) is 0 Å². The number of thiophene rings is 1. The van der Waals surface area contributed by atoms with Crippen LogP contribution in [0.3, 0.4) is 0 Å². The van der Waals surface area contributed by atoms with E-state index in [1.807, 2.05) is 37.6 Å². The number of hydrogen-bond donors (Lipinski definition) is 1. The third-order valence-corrected chi connectivity index (χ3v) is 5.19. The second-order valence-electron chi connectivity index (χ2n) is 5.56. The Kier molecular flexibility index (Phi) is 6.37. The predicted octanol–water partition coefficient (Wildman–Crippen LogP) is 4.15. The number of fused-ring (bicyclic) bond motifs is 1. The number of nitrogens with zero attached hydrogens (tertiary/aromatic N) is 1. The molecule has 1 atom stereocenters. The number of oxime groups is 1. The molecule has 1 N–H and O–H groups in total. The van der Waals surface area contributed by atoms with Gasteiger partial charge in [-0.1, -0.05) is 16.8 Å². The lowest BCUT2D eigenvalue weighted by molar-refractivity contribution is -0.125. The summed E-state index contributed by atoms with van der Waals surface area (Å²) in [6.45, 7) is 3.64. The lowest BCUT2D eigenvalue weighted by Crippen LogP contribution is -2.49. The van der Waals surface area contributed by atoms with E-state index in [0.29, 0.717) is 10.8 Å². The monoisotopic (exact) mass is 386 g/mol. The lowest BCUT2D eigenvalue weighted by Gasteiger charge is -2.24. The number of carbonyl (C=O) groups excluding carboxylic acids is 1. The van der Waals surface area contributed by atoms with Crippen molar-refractivity contribution >= 4 is 56.9 Å². The van der Waals surface area contributed by atoms with Gasteiger partial charge in [-0.15, -0.1) is 23.1 Å². The summed E-state index contributed by atoms with van der Waals surface area (Å²) in [5.41, 5.74) is -1.35. The number of amides is 1. The molecule has 0 spiro atoms. The Balaban J connectivity index is 2.12. The highest BCUT2D eigenvalue weighted by Gasteiger charge is 2.26. The number of benzene rings is 1. The Morgan fingerprint density at radius 3 is 2.92 bits per heavy atom. The van der Waals surface area contributed by atoms with E-state index >= 15 is 0 Å². The van der Waals surface area contributed by atoms with Gasteiger partial charge < -0.3 is 14.9 Å². The topological polar surface area (TPSA) is 59.9 Å². The number of thioether (sulfide) groups is 1. The van der Waals surface area contributed by atoms with E-state index in [2.05, 4.69) is 15.3 Å². The molecule has 2 rings (SSSR count). The number of ether oxygens (including phenoxy) is 1. The summed E-state index contributed by atoms with van der Waals surface area (Å²) >= 11 is 9.14. The molecule has 1 aromatic carbocycles. The predicted molar refractivity (Wildman–Crippen MR) is 102 cm³/mol. The van der Waals surface area contributed by atoms with Crippen molar-refractivity contribution in [3.63, 3.8) is 0 Å². The van der Waals surface area contributed by atoms with Crippen LogP contribution in [0.15, 0.2) is 28.7 Å². The zero-order valence-corrected chi connectivity index (χ0v) is 16.2. The summed E-state index contributed by atoms with van der Waals surface area (Å²) in [7, 11) is 1.45. The third kappa shape index (κ3) is 4.78. The van der Waals surface area contributed by atoms with E-state index in [4.69, 9.17) is 16.3 Å². The molecule has 8 heteroatoms. The molecule has 130 valence electrons. The van der Waals surface area contributed by atoms with Gasteiger partial charge in [0.25, 0.3) is 5.91 Å². The summed E-state index contributed by atoms with van der Waals surface area (Å²) in [5.74, 6) is 0.306. The first-order valence-electron chi connectivity index (χ1n) is 7.12. The zero-order valence-electron chi connectivity index (χ0n) is 13.8. The molecule has 1 unspecified atom stereocenters. The van der Waals surface area contributed by atoms with Crippen LogP contribution in [0, 0.1) is 0 Å². The molecule has 1 aromatic heterocycles. The van der Waals surface area contributed by atoms with Crippen LogP contribution in [0.1, 0.15) is 13.8 Å². The molecule has 24 heavy (non-hydrogen) atoms. The summed E-state index contributed by atoms with van der Waals surface area (Å²) in [6.07, 6.45) is 3.34. The van der Waals surface area contributed by atoms with Gasteiger partial charge in [0.2, 0.25) is 5.44 Å². The van der Waals surface area contributed by atoms with Crippen molar-refractivity contribution in [1.82, 2.24) is 5.32 Å². The first-order valence-corrected chi connectivity index (χ1v) is 9.67. The standard InChI is InChI=1S/C16H19ClN2O3S2/c1-16(2,9-18-21-3)19-14(20)15(23-4)22-11-7-10-5-6-24-13(10)12(17)8-11/h5-9,15H,1-4H3,(H,19,20). The van der Waals surface area contributed by atoms with Gasteiger partial charge in [0.05, 0.1) is 21.5 Å². The van der Waals surface area contributed by atoms with Gasteiger partial charge >= 0.3 is 0 Å². The quantitative estimate of drug-likeness (QED) is 0.441. The number of hydrogen-bond acceptors (Lipinski definition) is 6. The Morgan fingerprint density at radius 2 is 2.25 bits per heavy atom. The van der Waals surface area contributed by atoms with Crippen LogP contribution >= 0.6 is 34.7 Å². The molecule has 2 aromatic rings. The Hall–Kier alpha value is -1.44. The molecule has 0 aliphatic heterocycles. The van der Waals surface area contributed by atoms with Crippen molar-refractivity contribution in [3.05, 3.63) is 28.6 Å². The van der Waals surface area contributed by atoms with Crippen molar-refractivity contribution < 1.29 is 14.4 Å². The molecule has 1 amide bonds. The lowest BCUT2D eigenvalue weighted by atomic mass is 10.1. The van der Waals surface area contributed by atoms with Crippen molar-refractivity contribution in [2.75, 3.05) is 13.4 Å². The van der Waals surface area contributed by atoms with Gasteiger partial charge in [-0.3, -0.25) is 4.79 Å². The Morgan fingerprint density at radius 1 is 1.50 bits per heavy atom. The van der Waals surface area contributed by atoms with Crippen molar-refractivity contribution in [3.8, 4) is 5.75 Å². The van der Waals surface area contributed by atoms with E-state index in [0.717, 1.165) is 10.1 Å². The minimum atomic E-state index is -0.702. The minimum absolute atomic E-state index is 0.253. The molecule has 1 heterocycles. The fourth-order valence-corrected chi connectivity index (χ4v) is 3.62. The molecule has 0 radical (unpaired) electrons. The van der Waals surface area contributed by atoms with Gasteiger partial charge in [-0.25, -0.2) is 0 Å². The molecule has 0 saturated heterocycles. The van der Waals surface area contributed by atoms with Crippen LogP contribution in [-0.2, 0) is 9.63 Å². The van der Waals surface area contributed by atoms with Gasteiger partial charge in [-0.05, 0) is 43.0 Å². The first-order chi connectivity index (χ1) is 11.4. The van der Waals surface area contributed by atoms with E-state index in [1.165, 1.54) is 25.1 Å². The average molecular weight is 387 g/mol. The Labute approximate surface area is 154 Å². The number of nitrogens with one attached hydrogen (secondary N) is 1. The van der Waals surface area contributed by atoms with Gasteiger partial charge in [0.1, 0.15) is 12.9 Å². The second kappa shape index (κ2) is 8.09. The van der Waals surface area contributed by atoms with Gasteiger partial charge in [0.15, 0.2) is 0 Å². The maximum absolute atomic E-state index is 12.5. The molecular weight excluding hydrogens is 368 g/mol. The molecule has 0 fully saturated rings. The number of carbonyl (C=O) groups is 1. The van der Waals surface area contributed by atoms with Crippen LogP contribution in [0.2, 0.25) is 5.02 Å². The fourth-order valence-electron chi connectivity index (χ4n) is 2.01. The van der Waals surface area contributed by atoms with Crippen LogP contribution in [-0.4, -0.2) is 36.5 Å². The minimum Gasteiger partial charge on any atom is -0.470 e. The maximum Gasteiger partial charge on any atom is 0.272 e. The second-order valence-corrected chi connectivity index (χ2v) is 7.78. The molecule has 0 aliphatic rings. The van der Waals surface area contributed by atoms with E-state index < -0.39 is 11.0 Å². The smallest absolute Gasteiger partial charge is 0.272 e. The fraction of sp³-hybridized carbons (Fsp3) is 0.375. The van der Waals surface area contributed by atoms with E-state index in [1.54, 1.807) is 17.4 Å². The summed E-state index contributed by atoms with van der Waals surface area (Å²) in [5, 5.41) is 10.1. The molecule has 0 aliphatic carbocycles. The van der Waals surface area contributed by atoms with E-state index in [9.17, 15) is 4.79 Å². The van der Waals surface area contributed by atoms with Crippen LogP contribution in [0.5, 0.6) is 5.75 Å². The zero-order chi connectivity index (χ0) is 17.7. The van der Waals surface area contributed by atoms with Crippen LogP contribution in [0.4, 0.5) is 0 Å². The molecule has 0 bridgehead atoms. The molecule has 0 saturated carbocycles. The summed E-state index contributed by atoms with van der Waals surface area (Å²) < 4.78 is 6.84. The summed E-state index contributed by atoms with van der Waals surface area (Å²) in [6, 6.07) is 5.58. The van der Waals surface area contributed by atoms with E-state index in [-0.39, 0.29) is 5.91 Å². The Bertz CT molecular complexity index is 746. The number of rotatable bonds is 7. The van der Waals surface area contributed by atoms with Crippen molar-refractivity contribution in [2.45, 2.75) is 24.8 Å². The average Bonchev–Trinajstić information content (AvgIpc) is 2.99. The van der Waals surface area contributed by atoms with Crippen LogP contribution in [0.25, 0.3) is 10.1 Å². The van der Waals surface area contributed by atoms with Crippen molar-refractivity contribution in [1.29, 1.82) is 0 Å². The molecule has 5 nitrogen and oxygen atoms in total. The SMILES string of the molecule is CON=CC(C)(C)NC(=O)C(Oc1cc(Cl)c2sccc2c1)SC. The highest BCUT2D eigenvalue weighted by atomic mass is 35.5. The normalized spacial score (nSPS) is 13.2. The summed E-state index contributed by atoms with van der Waals surface area (Å²) in [4.78, 5) is 17.1. The van der Waals surface area contributed by atoms with Crippen molar-refractivity contribution in [2.24, 2.45) is 5.16 Å². The first kappa shape index (κ1) is 18.9. The maximum atomic E-state index is 12.5. The highest BCUT2D eigenvalue weighted by Crippen LogP contribution is 2.33. The van der Waals surface area contributed by atoms with Gasteiger partial charge in [0, 0.05) is 6.07 Å². The third-order valence-electron chi connectivity index (χ3n) is 3.08. The van der Waals surface area contributed by atoms with Crippen LogP contribution < -0.4 is 10.1 Å². The number of halogens is 1. The highest BCUT2D eigenvalue weighted by molar-refractivity contribution is 7.99. The largest absolute Gasteiger partial charge is 0.470 e.